The molecule has 0 aromatic rings. The second-order valence-corrected chi connectivity index (χ2v) is 22.8. The Morgan fingerprint density at radius 2 is 0.639 bits per heavy atom. The van der Waals surface area contributed by atoms with Crippen LogP contribution in [0.3, 0.4) is 0 Å². The molecular formula is C66H129NO5. The van der Waals surface area contributed by atoms with Gasteiger partial charge in [-0.25, -0.2) is 0 Å². The molecule has 72 heavy (non-hydrogen) atoms. The van der Waals surface area contributed by atoms with Gasteiger partial charge in [0, 0.05) is 12.8 Å². The number of nitrogens with one attached hydrogen (secondary N) is 1. The summed E-state index contributed by atoms with van der Waals surface area (Å²) in [6.45, 7) is 4.91. The molecule has 0 aromatic carbocycles. The van der Waals surface area contributed by atoms with Gasteiger partial charge in [0.1, 0.15) is 0 Å². The molecule has 0 aromatic heterocycles. The number of allylic oxidation sites excluding steroid dienone is 1. The molecule has 0 saturated heterocycles. The van der Waals surface area contributed by atoms with E-state index in [1.165, 1.54) is 308 Å². The lowest BCUT2D eigenvalue weighted by Crippen LogP contribution is -2.45. The van der Waals surface area contributed by atoms with E-state index in [-0.39, 0.29) is 18.5 Å². The molecule has 0 aliphatic rings. The number of rotatable bonds is 62. The van der Waals surface area contributed by atoms with Crippen LogP contribution in [0.5, 0.6) is 0 Å². The summed E-state index contributed by atoms with van der Waals surface area (Å²) in [6.07, 6.45) is 75.8. The van der Waals surface area contributed by atoms with E-state index in [9.17, 15) is 19.8 Å². The minimum atomic E-state index is -0.838. The van der Waals surface area contributed by atoms with Crippen LogP contribution in [0.1, 0.15) is 373 Å². The van der Waals surface area contributed by atoms with Crippen molar-refractivity contribution in [1.82, 2.24) is 5.32 Å². The molecule has 0 bridgehead atoms. The number of hydrogen-bond acceptors (Lipinski definition) is 5. The Bertz CT molecular complexity index is 1080. The normalized spacial score (nSPS) is 12.6. The van der Waals surface area contributed by atoms with Gasteiger partial charge >= 0.3 is 5.97 Å². The highest BCUT2D eigenvalue weighted by Crippen LogP contribution is 2.19. The highest BCUT2D eigenvalue weighted by molar-refractivity contribution is 5.76. The summed E-state index contributed by atoms with van der Waals surface area (Å²) in [5.41, 5.74) is 0. The quantitative estimate of drug-likeness (QED) is 0.0320. The minimum absolute atomic E-state index is 0.0238. The van der Waals surface area contributed by atoms with Gasteiger partial charge in [-0.1, -0.05) is 341 Å². The number of carbonyl (C=O) groups excluding carboxylic acids is 2. The number of ether oxygens (including phenoxy) is 1. The fraction of sp³-hybridized carbons (Fsp3) is 0.939. The minimum Gasteiger partial charge on any atom is -0.466 e. The first-order valence-corrected chi connectivity index (χ1v) is 33.0. The maximum absolute atomic E-state index is 12.4. The molecule has 6 nitrogen and oxygen atoms in total. The van der Waals surface area contributed by atoms with Gasteiger partial charge < -0.3 is 20.3 Å². The van der Waals surface area contributed by atoms with Crippen LogP contribution >= 0.6 is 0 Å². The fourth-order valence-electron chi connectivity index (χ4n) is 10.5. The first-order chi connectivity index (χ1) is 35.5. The van der Waals surface area contributed by atoms with Crippen LogP contribution in [0.15, 0.2) is 12.2 Å². The molecular weight excluding hydrogens is 887 g/mol. The predicted octanol–water partition coefficient (Wildman–Crippen LogP) is 20.8. The van der Waals surface area contributed by atoms with E-state index < -0.39 is 12.1 Å². The van der Waals surface area contributed by atoms with Gasteiger partial charge in [-0.3, -0.25) is 9.59 Å². The van der Waals surface area contributed by atoms with Crippen LogP contribution in [0.25, 0.3) is 0 Å². The van der Waals surface area contributed by atoms with Crippen molar-refractivity contribution in [3.63, 3.8) is 0 Å². The van der Waals surface area contributed by atoms with E-state index in [0.717, 1.165) is 38.5 Å². The van der Waals surface area contributed by atoms with E-state index in [1.807, 2.05) is 6.08 Å². The summed E-state index contributed by atoms with van der Waals surface area (Å²) in [4.78, 5) is 24.5. The number of carbonyl (C=O) groups is 2. The highest BCUT2D eigenvalue weighted by atomic mass is 16.5. The Morgan fingerprint density at radius 1 is 0.375 bits per heavy atom. The Labute approximate surface area is 450 Å². The van der Waals surface area contributed by atoms with Crippen LogP contribution in [0.4, 0.5) is 0 Å². The van der Waals surface area contributed by atoms with Crippen LogP contribution < -0.4 is 5.32 Å². The lowest BCUT2D eigenvalue weighted by molar-refractivity contribution is -0.143. The Kier molecular flexibility index (Phi) is 60.9. The lowest BCUT2D eigenvalue weighted by atomic mass is 10.0. The van der Waals surface area contributed by atoms with Gasteiger partial charge in [-0.2, -0.15) is 0 Å². The Hall–Kier alpha value is -1.40. The molecule has 2 atom stereocenters. The Morgan fingerprint density at radius 3 is 0.944 bits per heavy atom. The van der Waals surface area contributed by atoms with E-state index in [0.29, 0.717) is 19.4 Å². The van der Waals surface area contributed by atoms with Crippen molar-refractivity contribution in [2.24, 2.45) is 0 Å². The summed E-state index contributed by atoms with van der Waals surface area (Å²) < 4.78 is 5.50. The maximum atomic E-state index is 12.4. The van der Waals surface area contributed by atoms with Gasteiger partial charge in [-0.15, -0.1) is 0 Å². The number of hydrogen-bond donors (Lipinski definition) is 3. The SMILES string of the molecule is CCCCCCCCC/C=C/C(O)C(CO)NC(=O)CCCCCCCCCCCCCCCCCCCCCCCCCCCCCCCCCOC(=O)CCCCCCCCCCCCCCCCC. The third-order valence-corrected chi connectivity index (χ3v) is 15.6. The molecule has 0 saturated carbocycles. The monoisotopic (exact) mass is 1020 g/mol. The average Bonchev–Trinajstić information content (AvgIpc) is 3.38. The van der Waals surface area contributed by atoms with Gasteiger partial charge in [0.15, 0.2) is 0 Å². The zero-order valence-electron chi connectivity index (χ0n) is 48.9. The molecule has 0 aliphatic heterocycles. The fourth-order valence-corrected chi connectivity index (χ4v) is 10.5. The molecule has 1 amide bonds. The topological polar surface area (TPSA) is 95.9 Å². The first-order valence-electron chi connectivity index (χ1n) is 33.0. The predicted molar refractivity (Wildman–Crippen MR) is 315 cm³/mol. The number of esters is 1. The van der Waals surface area contributed by atoms with Crippen molar-refractivity contribution in [3.05, 3.63) is 12.2 Å². The molecule has 2 unspecified atom stereocenters. The molecule has 428 valence electrons. The van der Waals surface area contributed by atoms with E-state index in [1.54, 1.807) is 6.08 Å². The number of unbranched alkanes of at least 4 members (excludes halogenated alkanes) is 51. The standard InChI is InChI=1S/C66H129NO5/c1-3-5-7-9-11-13-14-15-33-37-40-44-48-52-56-60-66(71)72-61-57-53-49-45-41-38-35-32-30-28-26-24-22-20-18-16-17-19-21-23-25-27-29-31-34-36-39-43-47-51-55-59-65(70)67-63(62-68)64(69)58-54-50-46-42-12-10-8-6-4-2/h54,58,63-64,68-69H,3-53,55-57,59-62H2,1-2H3,(H,67,70)/b58-54+. The summed E-state index contributed by atoms with van der Waals surface area (Å²) >= 11 is 0. The smallest absolute Gasteiger partial charge is 0.305 e. The van der Waals surface area contributed by atoms with Crippen LogP contribution in [-0.4, -0.2) is 47.4 Å². The second kappa shape index (κ2) is 62.1. The van der Waals surface area contributed by atoms with Gasteiger partial charge in [-0.05, 0) is 32.1 Å². The third-order valence-electron chi connectivity index (χ3n) is 15.6. The number of aliphatic hydroxyl groups is 2. The lowest BCUT2D eigenvalue weighted by Gasteiger charge is -2.20. The van der Waals surface area contributed by atoms with Crippen molar-refractivity contribution in [2.45, 2.75) is 386 Å². The first kappa shape index (κ1) is 70.6. The molecule has 0 fully saturated rings. The van der Waals surface area contributed by atoms with E-state index >= 15 is 0 Å². The molecule has 0 heterocycles. The average molecular weight is 1020 g/mol. The van der Waals surface area contributed by atoms with E-state index in [4.69, 9.17) is 4.74 Å². The molecule has 0 aliphatic carbocycles. The molecule has 0 spiro atoms. The van der Waals surface area contributed by atoms with Crippen molar-refractivity contribution in [3.8, 4) is 0 Å². The third kappa shape index (κ3) is 57.9. The van der Waals surface area contributed by atoms with Crippen molar-refractivity contribution in [2.75, 3.05) is 13.2 Å². The molecule has 0 radical (unpaired) electrons. The Balaban J connectivity index is 3.29. The molecule has 0 rings (SSSR count). The van der Waals surface area contributed by atoms with Gasteiger partial charge in [0.2, 0.25) is 5.91 Å². The van der Waals surface area contributed by atoms with Gasteiger partial charge in [0.25, 0.3) is 0 Å². The summed E-state index contributed by atoms with van der Waals surface area (Å²) in [6, 6.07) is -0.621. The number of amides is 1. The van der Waals surface area contributed by atoms with Crippen LogP contribution in [0.2, 0.25) is 0 Å². The summed E-state index contributed by atoms with van der Waals surface area (Å²) in [5.74, 6) is -0.0410. The second-order valence-electron chi connectivity index (χ2n) is 22.8. The maximum Gasteiger partial charge on any atom is 0.305 e. The summed E-state index contributed by atoms with van der Waals surface area (Å²) in [7, 11) is 0. The zero-order chi connectivity index (χ0) is 52.2. The van der Waals surface area contributed by atoms with E-state index in [2.05, 4.69) is 19.2 Å². The zero-order valence-corrected chi connectivity index (χ0v) is 48.9. The summed E-state index contributed by atoms with van der Waals surface area (Å²) in [5, 5.41) is 23.0. The van der Waals surface area contributed by atoms with Crippen LogP contribution in [-0.2, 0) is 14.3 Å². The highest BCUT2D eigenvalue weighted by Gasteiger charge is 2.18. The van der Waals surface area contributed by atoms with Crippen molar-refractivity contribution >= 4 is 11.9 Å². The van der Waals surface area contributed by atoms with Gasteiger partial charge in [0.05, 0.1) is 25.4 Å². The molecule has 6 heteroatoms. The van der Waals surface area contributed by atoms with Crippen molar-refractivity contribution in [1.29, 1.82) is 0 Å². The van der Waals surface area contributed by atoms with Crippen LogP contribution in [0, 0.1) is 0 Å². The number of aliphatic hydroxyl groups excluding tert-OH is 2. The largest absolute Gasteiger partial charge is 0.466 e. The molecule has 3 N–H and O–H groups in total. The van der Waals surface area contributed by atoms with Crippen molar-refractivity contribution < 1.29 is 24.5 Å².